The van der Waals surface area contributed by atoms with Gasteiger partial charge in [0.1, 0.15) is 11.5 Å². The van der Waals surface area contributed by atoms with Crippen molar-refractivity contribution in [3.63, 3.8) is 0 Å². The summed E-state index contributed by atoms with van der Waals surface area (Å²) < 4.78 is 38.3. The zero-order valence-electron chi connectivity index (χ0n) is 8.89. The number of alkyl halides is 2. The summed E-state index contributed by atoms with van der Waals surface area (Å²) in [7, 11) is 0. The average molecular weight is 225 g/mol. The van der Waals surface area contributed by atoms with Gasteiger partial charge >= 0.3 is 0 Å². The summed E-state index contributed by atoms with van der Waals surface area (Å²) in [6.45, 7) is 3.35. The van der Waals surface area contributed by atoms with Crippen LogP contribution in [0.15, 0.2) is 18.2 Å². The third-order valence-electron chi connectivity index (χ3n) is 2.54. The van der Waals surface area contributed by atoms with Gasteiger partial charge in [-0.15, -0.1) is 0 Å². The number of benzene rings is 1. The van der Waals surface area contributed by atoms with E-state index in [0.29, 0.717) is 16.5 Å². The molecule has 0 aliphatic rings. The Bertz CT molecular complexity index is 549. The molecule has 0 N–H and O–H groups in total. The lowest BCUT2D eigenvalue weighted by Crippen LogP contribution is -1.95. The Balaban J connectivity index is 2.77. The topological polar surface area (TPSA) is 12.9 Å². The van der Waals surface area contributed by atoms with Crippen LogP contribution >= 0.6 is 0 Å². The van der Waals surface area contributed by atoms with Crippen LogP contribution in [0.5, 0.6) is 0 Å². The van der Waals surface area contributed by atoms with Crippen LogP contribution in [-0.4, -0.2) is 4.98 Å². The van der Waals surface area contributed by atoms with Crippen LogP contribution in [-0.2, 0) is 0 Å². The Morgan fingerprint density at radius 3 is 2.38 bits per heavy atom. The molecule has 0 amide bonds. The SMILES string of the molecule is Cc1cc2c(C)cc(C(F)F)nc2cc1F. The fourth-order valence-corrected chi connectivity index (χ4v) is 1.66. The van der Waals surface area contributed by atoms with Crippen LogP contribution in [0.1, 0.15) is 23.2 Å². The van der Waals surface area contributed by atoms with E-state index in [9.17, 15) is 13.2 Å². The molecule has 0 bridgehead atoms. The maximum atomic E-state index is 13.3. The van der Waals surface area contributed by atoms with Crippen molar-refractivity contribution in [3.05, 3.63) is 40.8 Å². The molecule has 0 fully saturated rings. The minimum atomic E-state index is -2.63. The van der Waals surface area contributed by atoms with E-state index in [2.05, 4.69) is 4.98 Å². The van der Waals surface area contributed by atoms with Crippen molar-refractivity contribution in [3.8, 4) is 0 Å². The molecule has 16 heavy (non-hydrogen) atoms. The maximum absolute atomic E-state index is 13.3. The number of halogens is 3. The Morgan fingerprint density at radius 2 is 1.75 bits per heavy atom. The minimum absolute atomic E-state index is 0.276. The lowest BCUT2D eigenvalue weighted by atomic mass is 10.1. The van der Waals surface area contributed by atoms with Crippen molar-refractivity contribution < 1.29 is 13.2 Å². The summed E-state index contributed by atoms with van der Waals surface area (Å²) in [5.74, 6) is -0.425. The molecule has 0 saturated carbocycles. The van der Waals surface area contributed by atoms with E-state index in [1.54, 1.807) is 19.9 Å². The molecular formula is C12H10F3N. The van der Waals surface area contributed by atoms with Crippen LogP contribution in [0.2, 0.25) is 0 Å². The van der Waals surface area contributed by atoms with Crippen molar-refractivity contribution in [2.24, 2.45) is 0 Å². The molecule has 0 radical (unpaired) electrons. The monoisotopic (exact) mass is 225 g/mol. The predicted molar refractivity (Wildman–Crippen MR) is 56.1 cm³/mol. The Labute approximate surface area is 90.9 Å². The lowest BCUT2D eigenvalue weighted by molar-refractivity contribution is 0.146. The minimum Gasteiger partial charge on any atom is -0.247 e. The van der Waals surface area contributed by atoms with Gasteiger partial charge in [-0.2, -0.15) is 0 Å². The average Bonchev–Trinajstić information content (AvgIpc) is 2.20. The summed E-state index contributed by atoms with van der Waals surface area (Å²) in [4.78, 5) is 3.75. The van der Waals surface area contributed by atoms with E-state index in [-0.39, 0.29) is 11.2 Å². The molecule has 0 unspecified atom stereocenters. The van der Waals surface area contributed by atoms with Crippen molar-refractivity contribution in [2.45, 2.75) is 20.3 Å². The predicted octanol–water partition coefficient (Wildman–Crippen LogP) is 3.93. The molecular weight excluding hydrogens is 215 g/mol. The summed E-state index contributed by atoms with van der Waals surface area (Å²) in [5, 5.41) is 0.711. The van der Waals surface area contributed by atoms with E-state index in [4.69, 9.17) is 0 Å². The molecule has 1 aromatic carbocycles. The highest BCUT2D eigenvalue weighted by Gasteiger charge is 2.12. The number of hydrogen-bond donors (Lipinski definition) is 0. The van der Waals surface area contributed by atoms with Gasteiger partial charge in [0.15, 0.2) is 0 Å². The first kappa shape index (κ1) is 10.9. The van der Waals surface area contributed by atoms with Crippen LogP contribution in [0.3, 0.4) is 0 Å². The van der Waals surface area contributed by atoms with Crippen molar-refractivity contribution >= 4 is 10.9 Å². The quantitative estimate of drug-likeness (QED) is 0.716. The van der Waals surface area contributed by atoms with Gasteiger partial charge in [-0.1, -0.05) is 0 Å². The highest BCUT2D eigenvalue weighted by molar-refractivity contribution is 5.83. The zero-order valence-corrected chi connectivity index (χ0v) is 8.89. The number of rotatable bonds is 1. The van der Waals surface area contributed by atoms with Crippen LogP contribution in [0, 0.1) is 19.7 Å². The second-order valence-electron chi connectivity index (χ2n) is 3.78. The molecule has 1 nitrogen and oxygen atoms in total. The van der Waals surface area contributed by atoms with Crippen molar-refractivity contribution in [2.75, 3.05) is 0 Å². The third-order valence-corrected chi connectivity index (χ3v) is 2.54. The lowest BCUT2D eigenvalue weighted by Gasteiger charge is -2.07. The number of aryl methyl sites for hydroxylation is 2. The largest absolute Gasteiger partial charge is 0.280 e. The maximum Gasteiger partial charge on any atom is 0.280 e. The van der Waals surface area contributed by atoms with E-state index in [1.165, 1.54) is 12.1 Å². The molecule has 0 aliphatic carbocycles. The van der Waals surface area contributed by atoms with Gasteiger partial charge in [0, 0.05) is 11.5 Å². The highest BCUT2D eigenvalue weighted by atomic mass is 19.3. The van der Waals surface area contributed by atoms with Gasteiger partial charge in [-0.25, -0.2) is 18.2 Å². The fraction of sp³-hybridized carbons (Fsp3) is 0.250. The van der Waals surface area contributed by atoms with Gasteiger partial charge in [-0.3, -0.25) is 0 Å². The Kier molecular flexibility index (Phi) is 2.58. The number of fused-ring (bicyclic) bond motifs is 1. The van der Waals surface area contributed by atoms with E-state index in [1.807, 2.05) is 0 Å². The smallest absolute Gasteiger partial charge is 0.247 e. The summed E-state index contributed by atoms with van der Waals surface area (Å²) in [5.41, 5.74) is 1.14. The number of pyridine rings is 1. The van der Waals surface area contributed by atoms with Crippen LogP contribution in [0.25, 0.3) is 10.9 Å². The first-order chi connectivity index (χ1) is 7.49. The standard InChI is InChI=1S/C12H10F3N/c1-6-4-11(12(14)15)16-10-5-9(13)7(2)3-8(6)10/h3-5,12H,1-2H3. The summed E-state index contributed by atoms with van der Waals surface area (Å²) >= 11 is 0. The second kappa shape index (κ2) is 3.77. The molecule has 0 spiro atoms. The highest BCUT2D eigenvalue weighted by Crippen LogP contribution is 2.25. The number of hydrogen-bond acceptors (Lipinski definition) is 1. The van der Waals surface area contributed by atoms with E-state index in [0.717, 1.165) is 0 Å². The first-order valence-electron chi connectivity index (χ1n) is 4.84. The Hall–Kier alpha value is -1.58. The summed E-state index contributed by atoms with van der Waals surface area (Å²) in [6.07, 6.45) is -2.63. The van der Waals surface area contributed by atoms with Gasteiger partial charge in [-0.05, 0) is 37.1 Å². The van der Waals surface area contributed by atoms with Gasteiger partial charge in [0.05, 0.1) is 5.52 Å². The van der Waals surface area contributed by atoms with Crippen molar-refractivity contribution in [1.82, 2.24) is 4.98 Å². The fourth-order valence-electron chi connectivity index (χ4n) is 1.66. The molecule has 2 rings (SSSR count). The number of nitrogens with zero attached hydrogens (tertiary/aromatic N) is 1. The number of aromatic nitrogens is 1. The van der Waals surface area contributed by atoms with Gasteiger partial charge < -0.3 is 0 Å². The van der Waals surface area contributed by atoms with Gasteiger partial charge in [0.25, 0.3) is 6.43 Å². The van der Waals surface area contributed by atoms with Crippen molar-refractivity contribution in [1.29, 1.82) is 0 Å². The third kappa shape index (κ3) is 1.75. The van der Waals surface area contributed by atoms with Crippen LogP contribution in [0.4, 0.5) is 13.2 Å². The Morgan fingerprint density at radius 1 is 1.06 bits per heavy atom. The van der Waals surface area contributed by atoms with E-state index < -0.39 is 12.2 Å². The van der Waals surface area contributed by atoms with Gasteiger partial charge in [0.2, 0.25) is 0 Å². The first-order valence-corrected chi connectivity index (χ1v) is 4.84. The molecule has 1 aromatic heterocycles. The van der Waals surface area contributed by atoms with E-state index >= 15 is 0 Å². The molecule has 2 aromatic rings. The normalized spacial score (nSPS) is 11.4. The second-order valence-corrected chi connectivity index (χ2v) is 3.78. The molecule has 4 heteroatoms. The molecule has 0 atom stereocenters. The zero-order chi connectivity index (χ0) is 11.9. The molecule has 0 aliphatic heterocycles. The van der Waals surface area contributed by atoms with Crippen LogP contribution < -0.4 is 0 Å². The summed E-state index contributed by atoms with van der Waals surface area (Å²) in [6, 6.07) is 4.16. The molecule has 0 saturated heterocycles. The molecule has 1 heterocycles. The molecule has 84 valence electrons.